The summed E-state index contributed by atoms with van der Waals surface area (Å²) in [6.07, 6.45) is 1.75. The van der Waals surface area contributed by atoms with Crippen LogP contribution in [0.25, 0.3) is 11.6 Å². The number of hydrogen-bond acceptors (Lipinski definition) is 5. The molecule has 3 rings (SSSR count). The molecule has 9 heteroatoms. The van der Waals surface area contributed by atoms with E-state index in [1.165, 1.54) is 0 Å². The number of amides is 2. The molecule has 2 N–H and O–H groups in total. The van der Waals surface area contributed by atoms with Gasteiger partial charge in [0.05, 0.1) is 0 Å². The fourth-order valence-electron chi connectivity index (χ4n) is 1.73. The van der Waals surface area contributed by atoms with Crippen molar-refractivity contribution in [3.63, 3.8) is 0 Å². The van der Waals surface area contributed by atoms with Crippen LogP contribution in [0.15, 0.2) is 40.9 Å². The standard InChI is InChI=1S/C13H11ClN6O2/c1-20-6-5-10(19-20)11-17-18-13(22-11)16-12(21)15-9-4-2-3-8(14)7-9/h2-7H,1H3,(H2,15,16,18,21). The number of benzene rings is 1. The highest BCUT2D eigenvalue weighted by Crippen LogP contribution is 2.18. The molecule has 0 bridgehead atoms. The fourth-order valence-corrected chi connectivity index (χ4v) is 1.92. The number of nitrogens with one attached hydrogen (secondary N) is 2. The number of aryl methyl sites for hydroxylation is 1. The predicted molar refractivity (Wildman–Crippen MR) is 80.6 cm³/mol. The van der Waals surface area contributed by atoms with Gasteiger partial charge in [-0.25, -0.2) is 4.79 Å². The van der Waals surface area contributed by atoms with E-state index in [4.69, 9.17) is 16.0 Å². The summed E-state index contributed by atoms with van der Waals surface area (Å²) < 4.78 is 6.93. The number of rotatable bonds is 3. The van der Waals surface area contributed by atoms with Crippen molar-refractivity contribution in [1.29, 1.82) is 0 Å². The summed E-state index contributed by atoms with van der Waals surface area (Å²) in [7, 11) is 1.78. The Morgan fingerprint density at radius 3 is 2.86 bits per heavy atom. The maximum atomic E-state index is 11.8. The fraction of sp³-hybridized carbons (Fsp3) is 0.0769. The van der Waals surface area contributed by atoms with Crippen molar-refractivity contribution >= 4 is 29.3 Å². The summed E-state index contributed by atoms with van der Waals surface area (Å²) >= 11 is 5.84. The van der Waals surface area contributed by atoms with Crippen LogP contribution < -0.4 is 10.6 Å². The molecule has 2 heterocycles. The van der Waals surface area contributed by atoms with E-state index in [1.54, 1.807) is 48.3 Å². The molecular formula is C13H11ClN6O2. The average molecular weight is 319 g/mol. The van der Waals surface area contributed by atoms with E-state index in [9.17, 15) is 4.79 Å². The van der Waals surface area contributed by atoms with Crippen LogP contribution in [0.5, 0.6) is 0 Å². The molecule has 2 aromatic heterocycles. The van der Waals surface area contributed by atoms with Crippen LogP contribution in [0.1, 0.15) is 0 Å². The molecule has 112 valence electrons. The molecule has 1 aromatic carbocycles. The lowest BCUT2D eigenvalue weighted by Gasteiger charge is -2.04. The Labute approximate surface area is 130 Å². The van der Waals surface area contributed by atoms with E-state index < -0.39 is 6.03 Å². The largest absolute Gasteiger partial charge is 0.401 e. The summed E-state index contributed by atoms with van der Waals surface area (Å²) in [5.41, 5.74) is 1.08. The van der Waals surface area contributed by atoms with Gasteiger partial charge in [0.15, 0.2) is 0 Å². The molecule has 0 saturated heterocycles. The van der Waals surface area contributed by atoms with Gasteiger partial charge in [-0.15, -0.1) is 5.10 Å². The van der Waals surface area contributed by atoms with Crippen LogP contribution in [-0.4, -0.2) is 26.0 Å². The monoisotopic (exact) mass is 318 g/mol. The number of carbonyl (C=O) groups is 1. The lowest BCUT2D eigenvalue weighted by atomic mass is 10.3. The Hall–Kier alpha value is -2.87. The highest BCUT2D eigenvalue weighted by molar-refractivity contribution is 6.30. The summed E-state index contributed by atoms with van der Waals surface area (Å²) in [6, 6.07) is 7.94. The van der Waals surface area contributed by atoms with Gasteiger partial charge in [0.1, 0.15) is 5.69 Å². The van der Waals surface area contributed by atoms with E-state index in [0.717, 1.165) is 0 Å². The lowest BCUT2D eigenvalue weighted by molar-refractivity contribution is 0.261. The zero-order valence-electron chi connectivity index (χ0n) is 11.4. The first-order chi connectivity index (χ1) is 10.6. The Bertz CT molecular complexity index is 812. The summed E-state index contributed by atoms with van der Waals surface area (Å²) in [6.45, 7) is 0. The third kappa shape index (κ3) is 3.23. The second-order valence-corrected chi connectivity index (χ2v) is 4.81. The van der Waals surface area contributed by atoms with Gasteiger partial charge < -0.3 is 9.73 Å². The molecule has 0 radical (unpaired) electrons. The van der Waals surface area contributed by atoms with E-state index in [0.29, 0.717) is 16.4 Å². The lowest BCUT2D eigenvalue weighted by Crippen LogP contribution is -2.19. The van der Waals surface area contributed by atoms with Gasteiger partial charge >= 0.3 is 12.0 Å². The molecule has 0 spiro atoms. The number of carbonyl (C=O) groups excluding carboxylic acids is 1. The topological polar surface area (TPSA) is 97.9 Å². The van der Waals surface area contributed by atoms with E-state index in [2.05, 4.69) is 25.9 Å². The minimum Gasteiger partial charge on any atom is -0.401 e. The van der Waals surface area contributed by atoms with Gasteiger partial charge in [0, 0.05) is 24.0 Å². The normalized spacial score (nSPS) is 10.5. The summed E-state index contributed by atoms with van der Waals surface area (Å²) in [4.78, 5) is 11.8. The van der Waals surface area contributed by atoms with Crippen molar-refractivity contribution in [1.82, 2.24) is 20.0 Å². The molecule has 3 aromatic rings. The smallest absolute Gasteiger partial charge is 0.327 e. The number of hydrogen-bond donors (Lipinski definition) is 2. The average Bonchev–Trinajstić information content (AvgIpc) is 3.07. The Morgan fingerprint density at radius 1 is 1.27 bits per heavy atom. The third-order valence-corrected chi connectivity index (χ3v) is 2.90. The molecule has 2 amide bonds. The Balaban J connectivity index is 1.66. The molecular weight excluding hydrogens is 308 g/mol. The van der Waals surface area contributed by atoms with Crippen molar-refractivity contribution in [2.45, 2.75) is 0 Å². The second kappa shape index (κ2) is 5.86. The van der Waals surface area contributed by atoms with Crippen LogP contribution in [0, 0.1) is 0 Å². The van der Waals surface area contributed by atoms with Crippen molar-refractivity contribution < 1.29 is 9.21 Å². The molecule has 0 fully saturated rings. The van der Waals surface area contributed by atoms with Gasteiger partial charge in [0.2, 0.25) is 0 Å². The summed E-state index contributed by atoms with van der Waals surface area (Å²) in [5, 5.41) is 17.2. The molecule has 0 aliphatic rings. The third-order valence-electron chi connectivity index (χ3n) is 2.66. The van der Waals surface area contributed by atoms with E-state index in [1.807, 2.05) is 0 Å². The van der Waals surface area contributed by atoms with E-state index in [-0.39, 0.29) is 11.9 Å². The maximum absolute atomic E-state index is 11.8. The zero-order valence-corrected chi connectivity index (χ0v) is 12.2. The highest BCUT2D eigenvalue weighted by atomic mass is 35.5. The first kappa shape index (κ1) is 14.1. The predicted octanol–water partition coefficient (Wildman–Crippen LogP) is 2.77. The van der Waals surface area contributed by atoms with Crippen molar-refractivity contribution in [3.8, 4) is 11.6 Å². The Morgan fingerprint density at radius 2 is 2.14 bits per heavy atom. The molecule has 0 unspecified atom stereocenters. The van der Waals surface area contributed by atoms with Crippen LogP contribution in [0.2, 0.25) is 5.02 Å². The molecule has 22 heavy (non-hydrogen) atoms. The minimum absolute atomic E-state index is 0.0276. The van der Waals surface area contributed by atoms with Crippen molar-refractivity contribution in [2.75, 3.05) is 10.6 Å². The van der Waals surface area contributed by atoms with Gasteiger partial charge in [-0.3, -0.25) is 10.00 Å². The van der Waals surface area contributed by atoms with Crippen molar-refractivity contribution in [2.24, 2.45) is 7.05 Å². The number of halogens is 1. The highest BCUT2D eigenvalue weighted by Gasteiger charge is 2.13. The minimum atomic E-state index is -0.515. The van der Waals surface area contributed by atoms with Gasteiger partial charge in [-0.05, 0) is 24.3 Å². The van der Waals surface area contributed by atoms with Crippen LogP contribution in [0.4, 0.5) is 16.5 Å². The molecule has 0 saturated carbocycles. The quantitative estimate of drug-likeness (QED) is 0.773. The number of aromatic nitrogens is 4. The van der Waals surface area contributed by atoms with Crippen LogP contribution in [0.3, 0.4) is 0 Å². The van der Waals surface area contributed by atoms with Gasteiger partial charge in [-0.2, -0.15) is 5.10 Å². The molecule has 0 aliphatic heterocycles. The van der Waals surface area contributed by atoms with Gasteiger partial charge in [0.25, 0.3) is 5.89 Å². The SMILES string of the molecule is Cn1ccc(-c2nnc(NC(=O)Nc3cccc(Cl)c3)o2)n1. The molecule has 0 atom stereocenters. The second-order valence-electron chi connectivity index (χ2n) is 4.38. The first-order valence-corrected chi connectivity index (χ1v) is 6.65. The Kier molecular flexibility index (Phi) is 3.75. The summed E-state index contributed by atoms with van der Waals surface area (Å²) in [5.74, 6) is 0.221. The zero-order chi connectivity index (χ0) is 15.5. The maximum Gasteiger partial charge on any atom is 0.327 e. The van der Waals surface area contributed by atoms with Crippen LogP contribution >= 0.6 is 11.6 Å². The number of nitrogens with zero attached hydrogens (tertiary/aromatic N) is 4. The number of anilines is 2. The van der Waals surface area contributed by atoms with Gasteiger partial charge in [-0.1, -0.05) is 22.8 Å². The first-order valence-electron chi connectivity index (χ1n) is 6.27. The number of urea groups is 1. The molecule has 8 nitrogen and oxygen atoms in total. The van der Waals surface area contributed by atoms with E-state index >= 15 is 0 Å². The van der Waals surface area contributed by atoms with Crippen LogP contribution in [-0.2, 0) is 7.05 Å². The van der Waals surface area contributed by atoms with Crippen molar-refractivity contribution in [3.05, 3.63) is 41.6 Å². The molecule has 0 aliphatic carbocycles.